The van der Waals surface area contributed by atoms with E-state index in [2.05, 4.69) is 24.1 Å². The lowest BCUT2D eigenvalue weighted by Gasteiger charge is -2.23. The van der Waals surface area contributed by atoms with Crippen molar-refractivity contribution in [3.8, 4) is 0 Å². The predicted octanol–water partition coefficient (Wildman–Crippen LogP) is 2.71. The van der Waals surface area contributed by atoms with Crippen molar-refractivity contribution in [2.45, 2.75) is 26.8 Å². The maximum atomic E-state index is 12.1. The molecule has 0 saturated carbocycles. The van der Waals surface area contributed by atoms with Crippen molar-refractivity contribution in [2.24, 2.45) is 0 Å². The number of amides is 1. The quantitative estimate of drug-likeness (QED) is 0.620. The van der Waals surface area contributed by atoms with Crippen molar-refractivity contribution in [1.82, 2.24) is 10.2 Å². The fourth-order valence-electron chi connectivity index (χ4n) is 2.02. The minimum absolute atomic E-state index is 0.0211. The van der Waals surface area contributed by atoms with E-state index in [1.165, 1.54) is 18.2 Å². The Balaban J connectivity index is 2.76. The zero-order chi connectivity index (χ0) is 16.0. The van der Waals surface area contributed by atoms with Crippen molar-refractivity contribution in [2.75, 3.05) is 19.6 Å². The van der Waals surface area contributed by atoms with E-state index in [-0.39, 0.29) is 28.2 Å². The normalized spacial score (nSPS) is 12.2. The van der Waals surface area contributed by atoms with Gasteiger partial charge >= 0.3 is 0 Å². The molecule has 0 saturated heterocycles. The molecule has 116 valence electrons. The molecule has 1 atom stereocenters. The third-order valence-corrected chi connectivity index (χ3v) is 3.53. The first kappa shape index (κ1) is 17.4. The molecule has 1 N–H and O–H groups in total. The number of nitro groups is 1. The van der Waals surface area contributed by atoms with Crippen LogP contribution in [-0.2, 0) is 0 Å². The molecule has 0 aromatic heterocycles. The average molecular weight is 314 g/mol. The number of nitrogens with zero attached hydrogens (tertiary/aromatic N) is 2. The van der Waals surface area contributed by atoms with Crippen LogP contribution in [0.2, 0.25) is 5.02 Å². The van der Waals surface area contributed by atoms with Crippen molar-refractivity contribution >= 4 is 23.2 Å². The molecular weight excluding hydrogens is 294 g/mol. The molecule has 0 bridgehead atoms. The highest BCUT2D eigenvalue weighted by atomic mass is 35.5. The molecule has 1 rings (SSSR count). The summed E-state index contributed by atoms with van der Waals surface area (Å²) in [5, 5.41) is 13.7. The van der Waals surface area contributed by atoms with Crippen molar-refractivity contribution < 1.29 is 9.72 Å². The van der Waals surface area contributed by atoms with E-state index < -0.39 is 4.92 Å². The summed E-state index contributed by atoms with van der Waals surface area (Å²) in [6.45, 7) is 8.56. The van der Waals surface area contributed by atoms with Gasteiger partial charge < -0.3 is 10.2 Å². The van der Waals surface area contributed by atoms with Gasteiger partial charge in [0.2, 0.25) is 0 Å². The average Bonchev–Trinajstić information content (AvgIpc) is 2.44. The maximum absolute atomic E-state index is 12.1. The van der Waals surface area contributed by atoms with Gasteiger partial charge in [-0.05, 0) is 32.1 Å². The number of rotatable bonds is 7. The second-order valence-electron chi connectivity index (χ2n) is 4.78. The Morgan fingerprint density at radius 3 is 2.57 bits per heavy atom. The Labute approximate surface area is 129 Å². The second-order valence-corrected chi connectivity index (χ2v) is 5.19. The summed E-state index contributed by atoms with van der Waals surface area (Å²) in [6, 6.07) is 3.99. The molecule has 0 aliphatic heterocycles. The number of hydrogen-bond acceptors (Lipinski definition) is 4. The zero-order valence-electron chi connectivity index (χ0n) is 12.4. The lowest BCUT2D eigenvalue weighted by Crippen LogP contribution is -2.41. The Kier molecular flexibility index (Phi) is 6.58. The van der Waals surface area contributed by atoms with Gasteiger partial charge in [-0.2, -0.15) is 0 Å². The molecule has 1 aromatic rings. The van der Waals surface area contributed by atoms with Gasteiger partial charge in [0.25, 0.3) is 11.6 Å². The maximum Gasteiger partial charge on any atom is 0.288 e. The van der Waals surface area contributed by atoms with Gasteiger partial charge in [-0.1, -0.05) is 25.4 Å². The predicted molar refractivity (Wildman–Crippen MR) is 82.8 cm³/mol. The van der Waals surface area contributed by atoms with Crippen molar-refractivity contribution in [1.29, 1.82) is 0 Å². The van der Waals surface area contributed by atoms with E-state index in [0.717, 1.165) is 19.6 Å². The topological polar surface area (TPSA) is 75.5 Å². The largest absolute Gasteiger partial charge is 0.348 e. The summed E-state index contributed by atoms with van der Waals surface area (Å²) in [7, 11) is 0. The molecule has 0 radical (unpaired) electrons. The number of carbonyl (C=O) groups is 1. The molecule has 0 aliphatic carbocycles. The van der Waals surface area contributed by atoms with Crippen LogP contribution >= 0.6 is 11.6 Å². The van der Waals surface area contributed by atoms with Gasteiger partial charge in [0, 0.05) is 24.2 Å². The zero-order valence-corrected chi connectivity index (χ0v) is 13.2. The molecular formula is C14H20ClN3O3. The Morgan fingerprint density at radius 1 is 1.43 bits per heavy atom. The fraction of sp³-hybridized carbons (Fsp3) is 0.500. The number of carbonyl (C=O) groups excluding carboxylic acids is 1. The van der Waals surface area contributed by atoms with Gasteiger partial charge in [-0.3, -0.25) is 14.9 Å². The molecule has 0 aliphatic rings. The second kappa shape index (κ2) is 7.95. The Morgan fingerprint density at radius 2 is 2.05 bits per heavy atom. The van der Waals surface area contributed by atoms with Gasteiger partial charge in [0.05, 0.1) is 4.92 Å². The summed E-state index contributed by atoms with van der Waals surface area (Å²) in [5.41, 5.74) is -0.0294. The summed E-state index contributed by atoms with van der Waals surface area (Å²) in [6.07, 6.45) is 0. The van der Waals surface area contributed by atoms with Crippen LogP contribution < -0.4 is 5.32 Å². The number of halogens is 1. The van der Waals surface area contributed by atoms with Gasteiger partial charge in [0.15, 0.2) is 0 Å². The summed E-state index contributed by atoms with van der Waals surface area (Å²) in [5.74, 6) is -0.338. The van der Waals surface area contributed by atoms with Crippen LogP contribution in [0.1, 0.15) is 31.1 Å². The molecule has 0 spiro atoms. The number of nitro benzene ring substituents is 1. The van der Waals surface area contributed by atoms with E-state index in [9.17, 15) is 14.9 Å². The smallest absolute Gasteiger partial charge is 0.288 e. The molecule has 1 unspecified atom stereocenters. The van der Waals surface area contributed by atoms with Crippen molar-refractivity contribution in [3.63, 3.8) is 0 Å². The van der Waals surface area contributed by atoms with E-state index in [4.69, 9.17) is 11.6 Å². The van der Waals surface area contributed by atoms with E-state index in [0.29, 0.717) is 0 Å². The van der Waals surface area contributed by atoms with E-state index in [1.54, 1.807) is 0 Å². The highest BCUT2D eigenvalue weighted by molar-refractivity contribution is 6.32. The number of likely N-dealkylation sites (N-methyl/N-ethyl adjacent to an activating group) is 1. The lowest BCUT2D eigenvalue weighted by molar-refractivity contribution is -0.384. The molecule has 6 nitrogen and oxygen atoms in total. The highest BCUT2D eigenvalue weighted by Crippen LogP contribution is 2.25. The number of benzene rings is 1. The van der Waals surface area contributed by atoms with E-state index >= 15 is 0 Å². The molecule has 1 amide bonds. The number of hydrogen-bond donors (Lipinski definition) is 1. The van der Waals surface area contributed by atoms with Crippen LogP contribution in [0.4, 0.5) is 5.69 Å². The molecule has 1 aromatic carbocycles. The van der Waals surface area contributed by atoms with E-state index in [1.807, 2.05) is 6.92 Å². The van der Waals surface area contributed by atoms with Crippen LogP contribution in [0, 0.1) is 10.1 Å². The Hall–Kier alpha value is -1.66. The van der Waals surface area contributed by atoms with Gasteiger partial charge in [0.1, 0.15) is 5.02 Å². The fourth-order valence-corrected chi connectivity index (χ4v) is 2.20. The summed E-state index contributed by atoms with van der Waals surface area (Å²) < 4.78 is 0. The van der Waals surface area contributed by atoms with Crippen LogP contribution in [0.25, 0.3) is 0 Å². The monoisotopic (exact) mass is 313 g/mol. The standard InChI is InChI=1S/C14H20ClN3O3/c1-4-17(5-2)9-10(3)16-14(19)11-6-7-12(15)13(8-11)18(20)21/h6-8,10H,4-5,9H2,1-3H3,(H,16,19). The SMILES string of the molecule is CCN(CC)CC(C)NC(=O)c1ccc(Cl)c([N+](=O)[O-])c1. The first-order valence-electron chi connectivity index (χ1n) is 6.86. The van der Waals surface area contributed by atoms with Crippen molar-refractivity contribution in [3.05, 3.63) is 38.9 Å². The van der Waals surface area contributed by atoms with Crippen LogP contribution in [0.3, 0.4) is 0 Å². The van der Waals surface area contributed by atoms with Gasteiger partial charge in [-0.15, -0.1) is 0 Å². The van der Waals surface area contributed by atoms with Crippen LogP contribution in [0.5, 0.6) is 0 Å². The lowest BCUT2D eigenvalue weighted by atomic mass is 10.1. The summed E-state index contributed by atoms with van der Waals surface area (Å²) >= 11 is 5.73. The third-order valence-electron chi connectivity index (χ3n) is 3.21. The first-order chi connectivity index (χ1) is 9.88. The molecule has 0 heterocycles. The minimum Gasteiger partial charge on any atom is -0.348 e. The minimum atomic E-state index is -0.599. The third kappa shape index (κ3) is 4.99. The molecule has 0 fully saturated rings. The van der Waals surface area contributed by atoms with Crippen LogP contribution in [-0.4, -0.2) is 41.4 Å². The van der Waals surface area contributed by atoms with Crippen LogP contribution in [0.15, 0.2) is 18.2 Å². The Bertz CT molecular complexity index is 518. The number of nitrogens with one attached hydrogen (secondary N) is 1. The highest BCUT2D eigenvalue weighted by Gasteiger charge is 2.17. The molecule has 7 heteroatoms. The first-order valence-corrected chi connectivity index (χ1v) is 7.24. The molecule has 21 heavy (non-hydrogen) atoms. The summed E-state index contributed by atoms with van der Waals surface area (Å²) in [4.78, 5) is 24.5. The van der Waals surface area contributed by atoms with Gasteiger partial charge in [-0.25, -0.2) is 0 Å².